The Labute approximate surface area is 177 Å². The lowest BCUT2D eigenvalue weighted by molar-refractivity contribution is -0.280. The first-order valence-corrected chi connectivity index (χ1v) is 13.2. The minimum atomic E-state index is -5.23. The van der Waals surface area contributed by atoms with E-state index in [2.05, 4.69) is 6.92 Å². The Morgan fingerprint density at radius 2 is 1.60 bits per heavy atom. The fourth-order valence-corrected chi connectivity index (χ4v) is 8.64. The molecule has 3 saturated carbocycles. The van der Waals surface area contributed by atoms with Gasteiger partial charge in [-0.15, -0.1) is 0 Å². The van der Waals surface area contributed by atoms with Gasteiger partial charge in [0.1, 0.15) is 6.10 Å². The molecular formula is C19H30O9S2. The Kier molecular flexibility index (Phi) is 5.25. The number of hydrogen-bond acceptors (Lipinski definition) is 7. The SMILES string of the molecule is C[C@@]12CCC[C@H]1[C@@H]1CC=C3CCC(O)C(OS(=O)(=O)O)(OS(=O)(=O)O)[C@]3(C)[C@H]1CC2. The third-order valence-electron chi connectivity index (χ3n) is 8.57. The van der Waals surface area contributed by atoms with Crippen LogP contribution in [0.5, 0.6) is 0 Å². The van der Waals surface area contributed by atoms with Crippen molar-refractivity contribution >= 4 is 20.8 Å². The predicted molar refractivity (Wildman–Crippen MR) is 106 cm³/mol. The second-order valence-corrected chi connectivity index (χ2v) is 11.9. The highest BCUT2D eigenvalue weighted by atomic mass is 32.3. The molecule has 0 aromatic carbocycles. The molecule has 0 bridgehead atoms. The Balaban J connectivity index is 1.89. The minimum absolute atomic E-state index is 0.0367. The van der Waals surface area contributed by atoms with Gasteiger partial charge in [0.05, 0.1) is 5.41 Å². The van der Waals surface area contributed by atoms with Gasteiger partial charge in [0.2, 0.25) is 5.79 Å². The maximum absolute atomic E-state index is 11.8. The summed E-state index contributed by atoms with van der Waals surface area (Å²) in [6.45, 7) is 3.90. The summed E-state index contributed by atoms with van der Waals surface area (Å²) in [7, 11) is -10.5. The van der Waals surface area contributed by atoms with Gasteiger partial charge in [-0.25, -0.2) is 8.37 Å². The lowest BCUT2D eigenvalue weighted by atomic mass is 9.46. The molecule has 6 atom stereocenters. The molecule has 0 aliphatic heterocycles. The predicted octanol–water partition coefficient (Wildman–Crippen LogP) is 2.65. The molecule has 0 aromatic rings. The van der Waals surface area contributed by atoms with Crippen molar-refractivity contribution in [2.45, 2.75) is 77.1 Å². The lowest BCUT2D eigenvalue weighted by Crippen LogP contribution is -2.68. The van der Waals surface area contributed by atoms with Crippen molar-refractivity contribution in [3.8, 4) is 0 Å². The van der Waals surface area contributed by atoms with Gasteiger partial charge in [0.25, 0.3) is 0 Å². The average molecular weight is 467 g/mol. The first kappa shape index (κ1) is 22.6. The maximum atomic E-state index is 11.8. The van der Waals surface area contributed by atoms with Crippen molar-refractivity contribution in [3.05, 3.63) is 11.6 Å². The van der Waals surface area contributed by atoms with Crippen LogP contribution >= 0.6 is 0 Å². The third kappa shape index (κ3) is 3.37. The summed E-state index contributed by atoms with van der Waals surface area (Å²) in [6, 6.07) is 0. The second kappa shape index (κ2) is 6.97. The molecule has 4 aliphatic carbocycles. The first-order chi connectivity index (χ1) is 13.7. The van der Waals surface area contributed by atoms with Crippen LogP contribution in [0.1, 0.15) is 65.2 Å². The molecule has 0 saturated heterocycles. The molecule has 30 heavy (non-hydrogen) atoms. The Morgan fingerprint density at radius 3 is 2.20 bits per heavy atom. The molecule has 3 fully saturated rings. The van der Waals surface area contributed by atoms with Gasteiger partial charge in [0.15, 0.2) is 0 Å². The molecule has 0 aromatic heterocycles. The highest BCUT2D eigenvalue weighted by molar-refractivity contribution is 7.81. The van der Waals surface area contributed by atoms with Crippen LogP contribution in [0.2, 0.25) is 0 Å². The summed E-state index contributed by atoms with van der Waals surface area (Å²) in [4.78, 5) is 0. The molecule has 0 amide bonds. The van der Waals surface area contributed by atoms with E-state index in [4.69, 9.17) is 8.37 Å². The summed E-state index contributed by atoms with van der Waals surface area (Å²) in [6.07, 6.45) is 6.24. The number of aliphatic hydroxyl groups excluding tert-OH is 1. The highest BCUT2D eigenvalue weighted by Gasteiger charge is 2.70. The van der Waals surface area contributed by atoms with Crippen molar-refractivity contribution in [3.63, 3.8) is 0 Å². The molecule has 0 spiro atoms. The van der Waals surface area contributed by atoms with Crippen LogP contribution in [-0.4, -0.2) is 42.9 Å². The normalized spacial score (nSPS) is 43.3. The topological polar surface area (TPSA) is 147 Å². The highest BCUT2D eigenvalue weighted by Crippen LogP contribution is 2.67. The van der Waals surface area contributed by atoms with Crippen LogP contribution in [0.25, 0.3) is 0 Å². The smallest absolute Gasteiger partial charge is 0.387 e. The fraction of sp³-hybridized carbons (Fsp3) is 0.895. The lowest BCUT2D eigenvalue weighted by Gasteiger charge is -2.62. The molecule has 0 heterocycles. The van der Waals surface area contributed by atoms with Gasteiger partial charge in [-0.2, -0.15) is 16.8 Å². The number of aliphatic hydroxyl groups is 1. The minimum Gasteiger partial charge on any atom is -0.387 e. The monoisotopic (exact) mass is 466 g/mol. The molecule has 3 N–H and O–H groups in total. The van der Waals surface area contributed by atoms with Gasteiger partial charge in [0, 0.05) is 0 Å². The van der Waals surface area contributed by atoms with Gasteiger partial charge >= 0.3 is 20.8 Å². The van der Waals surface area contributed by atoms with Crippen LogP contribution in [-0.2, 0) is 29.2 Å². The largest absolute Gasteiger partial charge is 0.400 e. The van der Waals surface area contributed by atoms with Gasteiger partial charge < -0.3 is 5.11 Å². The van der Waals surface area contributed by atoms with Gasteiger partial charge in [-0.1, -0.05) is 31.9 Å². The van der Waals surface area contributed by atoms with Gasteiger partial charge in [-0.3, -0.25) is 9.11 Å². The van der Waals surface area contributed by atoms with Crippen molar-refractivity contribution in [1.29, 1.82) is 0 Å². The van der Waals surface area contributed by atoms with E-state index in [-0.39, 0.29) is 23.7 Å². The molecular weight excluding hydrogens is 436 g/mol. The molecule has 4 rings (SSSR count). The van der Waals surface area contributed by atoms with Crippen molar-refractivity contribution in [1.82, 2.24) is 0 Å². The van der Waals surface area contributed by atoms with Crippen molar-refractivity contribution < 1.29 is 39.4 Å². The summed E-state index contributed by atoms with van der Waals surface area (Å²) >= 11 is 0. The van der Waals surface area contributed by atoms with Crippen LogP contribution < -0.4 is 0 Å². The van der Waals surface area contributed by atoms with Crippen molar-refractivity contribution in [2.75, 3.05) is 0 Å². The van der Waals surface area contributed by atoms with Gasteiger partial charge in [-0.05, 0) is 68.1 Å². The number of hydrogen-bond donors (Lipinski definition) is 3. The van der Waals surface area contributed by atoms with E-state index in [1.165, 1.54) is 0 Å². The maximum Gasteiger partial charge on any atom is 0.400 e. The molecule has 172 valence electrons. The number of fused-ring (bicyclic) bond motifs is 5. The summed E-state index contributed by atoms with van der Waals surface area (Å²) < 4.78 is 76.0. The second-order valence-electron chi connectivity index (χ2n) is 9.87. The third-order valence-corrected chi connectivity index (χ3v) is 9.49. The standard InChI is InChI=1S/C19H30O9S2/c1-17-10-3-4-14(17)13-7-5-12-6-8-16(20)19(27-29(21,22)23,28-30(24,25)26)18(12,2)15(13)9-11-17/h5,13-16,20H,3-4,6-11H2,1-2H3,(H,21,22,23)(H,24,25,26)/t13-,14-,15-,16?,17-,18-/m0/s1. The number of allylic oxidation sites excluding steroid dienone is 1. The molecule has 11 heteroatoms. The molecule has 4 aliphatic rings. The van der Waals surface area contributed by atoms with Crippen LogP contribution in [0.15, 0.2) is 11.6 Å². The fourth-order valence-electron chi connectivity index (χ4n) is 7.34. The quantitative estimate of drug-likeness (QED) is 0.323. The van der Waals surface area contributed by atoms with Crippen molar-refractivity contribution in [2.24, 2.45) is 28.6 Å². The zero-order valence-corrected chi connectivity index (χ0v) is 18.8. The Bertz CT molecular complexity index is 922. The van der Waals surface area contributed by atoms with E-state index in [0.29, 0.717) is 18.8 Å². The van der Waals surface area contributed by atoms with Crippen LogP contribution in [0.3, 0.4) is 0 Å². The van der Waals surface area contributed by atoms with E-state index >= 15 is 0 Å². The van der Waals surface area contributed by atoms with E-state index < -0.39 is 38.1 Å². The zero-order chi connectivity index (χ0) is 22.2. The summed E-state index contributed by atoms with van der Waals surface area (Å²) in [5.74, 6) is -2.43. The summed E-state index contributed by atoms with van der Waals surface area (Å²) in [5.41, 5.74) is -0.474. The first-order valence-electron chi connectivity index (χ1n) is 10.5. The Hall–Kier alpha value is -0.560. The van der Waals surface area contributed by atoms with E-state index in [1.54, 1.807) is 6.92 Å². The van der Waals surface area contributed by atoms with E-state index in [0.717, 1.165) is 37.7 Å². The zero-order valence-electron chi connectivity index (χ0n) is 17.2. The molecule has 0 radical (unpaired) electrons. The summed E-state index contributed by atoms with van der Waals surface area (Å²) in [5, 5.41) is 10.9. The molecule has 9 nitrogen and oxygen atoms in total. The van der Waals surface area contributed by atoms with Crippen LogP contribution in [0, 0.1) is 28.6 Å². The molecule has 1 unspecified atom stereocenters. The Morgan fingerprint density at radius 1 is 0.967 bits per heavy atom. The van der Waals surface area contributed by atoms with Crippen LogP contribution in [0.4, 0.5) is 0 Å². The van der Waals surface area contributed by atoms with E-state index in [1.807, 2.05) is 6.08 Å². The van der Waals surface area contributed by atoms with E-state index in [9.17, 15) is 31.0 Å². The average Bonchev–Trinajstić information content (AvgIpc) is 2.98. The number of rotatable bonds is 4.